The maximum Gasteiger partial charge on any atom is 0.188 e. The van der Waals surface area contributed by atoms with Gasteiger partial charge in [0.1, 0.15) is 0 Å². The summed E-state index contributed by atoms with van der Waals surface area (Å²) in [6, 6.07) is 6.64. The van der Waals surface area contributed by atoms with E-state index in [4.69, 9.17) is 10.2 Å². The first kappa shape index (κ1) is 44.0. The average Bonchev–Trinajstić information content (AvgIpc) is 2.70. The third kappa shape index (κ3) is 37.7. The second kappa shape index (κ2) is 31.0. The van der Waals surface area contributed by atoms with Crippen molar-refractivity contribution in [2.75, 3.05) is 0 Å². The van der Waals surface area contributed by atoms with Crippen LogP contribution in [0.4, 0.5) is 0 Å². The molecule has 0 saturated carbocycles. The van der Waals surface area contributed by atoms with Gasteiger partial charge in [0, 0.05) is 21.7 Å². The molecule has 0 fully saturated rings. The Kier molecular flexibility index (Phi) is 41.4. The summed E-state index contributed by atoms with van der Waals surface area (Å²) in [6.07, 6.45) is 8.42. The van der Waals surface area contributed by atoms with Crippen molar-refractivity contribution in [2.45, 2.75) is 169 Å². The predicted octanol–water partition coefficient (Wildman–Crippen LogP) is 7.86. The monoisotopic (exact) mass is 544 g/mol. The first-order chi connectivity index (χ1) is 14.9. The van der Waals surface area contributed by atoms with Crippen LogP contribution in [0.2, 0.25) is 36.3 Å². The molecule has 0 spiro atoms. The van der Waals surface area contributed by atoms with Crippen molar-refractivity contribution in [1.29, 1.82) is 0 Å². The maximum absolute atomic E-state index is 10.2. The van der Waals surface area contributed by atoms with Crippen molar-refractivity contribution in [3.63, 3.8) is 0 Å². The number of hydrogen-bond donors (Lipinski definition) is 4. The topological polar surface area (TPSA) is 80.9 Å². The molecule has 0 aliphatic rings. The molecule has 2 atom stereocenters. The number of aliphatic hydroxyl groups is 2. The van der Waals surface area contributed by atoms with Gasteiger partial charge in [-0.3, -0.25) is 0 Å². The molecule has 0 bridgehead atoms. The number of aliphatic hydroxyl groups excluding tert-OH is 2. The molecular formula is C26H64O4Si2Ti. The molecule has 33 heavy (non-hydrogen) atoms. The van der Waals surface area contributed by atoms with E-state index >= 15 is 0 Å². The first-order valence-electron chi connectivity index (χ1n) is 13.7. The molecule has 0 saturated heterocycles. The van der Waals surface area contributed by atoms with Crippen LogP contribution in [0.3, 0.4) is 0 Å². The van der Waals surface area contributed by atoms with Crippen LogP contribution in [0.15, 0.2) is 0 Å². The summed E-state index contributed by atoms with van der Waals surface area (Å²) >= 11 is 0. The zero-order valence-electron chi connectivity index (χ0n) is 24.3. The van der Waals surface area contributed by atoms with Gasteiger partial charge >= 0.3 is 0 Å². The maximum atomic E-state index is 10.2. The second-order valence-corrected chi connectivity index (χ2v) is 17.4. The Balaban J connectivity index is -0.000000112. The third-order valence-corrected chi connectivity index (χ3v) is 14.1. The molecule has 204 valence electrons. The van der Waals surface area contributed by atoms with Crippen LogP contribution >= 0.6 is 0 Å². The summed E-state index contributed by atoms with van der Waals surface area (Å²) in [4.78, 5) is 20.3. The molecule has 4 N–H and O–H groups in total. The van der Waals surface area contributed by atoms with Crippen LogP contribution in [0.1, 0.15) is 121 Å². The summed E-state index contributed by atoms with van der Waals surface area (Å²) in [7, 11) is -3.50. The number of hydrogen-bond acceptors (Lipinski definition) is 4. The Morgan fingerprint density at radius 1 is 0.455 bits per heavy atom. The Morgan fingerprint density at radius 3 is 0.636 bits per heavy atom. The van der Waals surface area contributed by atoms with E-state index in [1.54, 1.807) is 13.8 Å². The van der Waals surface area contributed by atoms with E-state index in [1.807, 2.05) is 13.8 Å². The SMILES string of the molecule is CCC(C)O.CCC(C)O.CCC[Si](O)(CCC)CCC.CCC[Si](O)(CCC)CCC.[Ti]. The molecule has 0 aromatic heterocycles. The summed E-state index contributed by atoms with van der Waals surface area (Å²) in [6.45, 7) is 20.5. The molecule has 0 aromatic carbocycles. The number of rotatable bonds is 14. The Bertz CT molecular complexity index is 280. The molecule has 2 unspecified atom stereocenters. The van der Waals surface area contributed by atoms with Crippen molar-refractivity contribution in [2.24, 2.45) is 0 Å². The van der Waals surface area contributed by atoms with E-state index in [0.717, 1.165) is 87.6 Å². The minimum atomic E-state index is -1.75. The van der Waals surface area contributed by atoms with Crippen molar-refractivity contribution in [3.8, 4) is 0 Å². The average molecular weight is 545 g/mol. The summed E-state index contributed by atoms with van der Waals surface area (Å²) in [5, 5.41) is 16.7. The van der Waals surface area contributed by atoms with Crippen LogP contribution in [0.5, 0.6) is 0 Å². The molecular weight excluding hydrogens is 480 g/mol. The Morgan fingerprint density at radius 2 is 0.576 bits per heavy atom. The van der Waals surface area contributed by atoms with E-state index in [1.165, 1.54) is 0 Å². The summed E-state index contributed by atoms with van der Waals surface area (Å²) in [5.74, 6) is 0. The van der Waals surface area contributed by atoms with Crippen LogP contribution in [-0.4, -0.2) is 48.6 Å². The zero-order chi connectivity index (χ0) is 26.1. The van der Waals surface area contributed by atoms with Gasteiger partial charge in [0.25, 0.3) is 0 Å². The minimum absolute atomic E-state index is 0. The third-order valence-electron chi connectivity index (χ3n) is 5.47. The smallest absolute Gasteiger partial charge is 0.188 e. The molecule has 4 nitrogen and oxygen atoms in total. The Hall–Kier alpha value is 0.988. The molecule has 7 heteroatoms. The van der Waals surface area contributed by atoms with E-state index < -0.39 is 16.6 Å². The van der Waals surface area contributed by atoms with E-state index in [-0.39, 0.29) is 33.9 Å². The summed E-state index contributed by atoms with van der Waals surface area (Å²) < 4.78 is 0. The van der Waals surface area contributed by atoms with Gasteiger partial charge in [-0.2, -0.15) is 0 Å². The standard InChI is InChI=1S/2C9H22OSi.2C4H10O.Ti/c2*1-4-7-11(10,8-5-2)9-6-3;2*1-3-4(2)5;/h2*10H,4-9H2,1-3H3;2*4-5H,3H2,1-2H3;. The van der Waals surface area contributed by atoms with E-state index in [0.29, 0.717) is 0 Å². The van der Waals surface area contributed by atoms with Crippen molar-refractivity contribution in [3.05, 3.63) is 0 Å². The first-order valence-corrected chi connectivity index (χ1v) is 18.9. The van der Waals surface area contributed by atoms with Gasteiger partial charge < -0.3 is 19.8 Å². The van der Waals surface area contributed by atoms with Crippen molar-refractivity contribution >= 4 is 16.6 Å². The second-order valence-electron chi connectivity index (χ2n) is 9.46. The molecule has 0 aliphatic heterocycles. The minimum Gasteiger partial charge on any atom is -0.432 e. The van der Waals surface area contributed by atoms with E-state index in [9.17, 15) is 9.59 Å². The van der Waals surface area contributed by atoms with Crippen molar-refractivity contribution in [1.82, 2.24) is 0 Å². The fourth-order valence-electron chi connectivity index (χ4n) is 3.54. The molecule has 0 amide bonds. The zero-order valence-corrected chi connectivity index (χ0v) is 27.9. The predicted molar refractivity (Wildman–Crippen MR) is 150 cm³/mol. The van der Waals surface area contributed by atoms with Crippen LogP contribution in [-0.2, 0) is 21.7 Å². The van der Waals surface area contributed by atoms with Gasteiger partial charge in [-0.1, -0.05) is 93.9 Å². The molecule has 0 aliphatic carbocycles. The molecule has 0 rings (SSSR count). The van der Waals surface area contributed by atoms with Gasteiger partial charge in [-0.25, -0.2) is 0 Å². The van der Waals surface area contributed by atoms with E-state index in [2.05, 4.69) is 41.5 Å². The van der Waals surface area contributed by atoms with Crippen LogP contribution < -0.4 is 0 Å². The summed E-state index contributed by atoms with van der Waals surface area (Å²) in [5.41, 5.74) is 0. The fraction of sp³-hybridized carbons (Fsp3) is 1.00. The largest absolute Gasteiger partial charge is 0.432 e. The van der Waals surface area contributed by atoms with Gasteiger partial charge in [-0.05, 0) is 63.0 Å². The van der Waals surface area contributed by atoms with Crippen molar-refractivity contribution < 1.29 is 41.5 Å². The fourth-order valence-corrected chi connectivity index (χ4v) is 10.6. The van der Waals surface area contributed by atoms with Gasteiger partial charge in [0.15, 0.2) is 16.6 Å². The quantitative estimate of drug-likeness (QED) is 0.168. The van der Waals surface area contributed by atoms with Crippen LogP contribution in [0.25, 0.3) is 0 Å². The van der Waals surface area contributed by atoms with Gasteiger partial charge in [-0.15, -0.1) is 0 Å². The van der Waals surface area contributed by atoms with Crippen LogP contribution in [0, 0.1) is 0 Å². The molecule has 0 aromatic rings. The Labute approximate surface area is 226 Å². The molecule has 0 heterocycles. The molecule has 0 radical (unpaired) electrons. The normalized spacial score (nSPS) is 12.5. The van der Waals surface area contributed by atoms with Gasteiger partial charge in [0.05, 0.1) is 12.2 Å². The van der Waals surface area contributed by atoms with Gasteiger partial charge in [0.2, 0.25) is 0 Å².